The van der Waals surface area contributed by atoms with E-state index in [1.807, 2.05) is 0 Å². The first-order valence-electron chi connectivity index (χ1n) is 8.00. The highest BCUT2D eigenvalue weighted by Gasteiger charge is 2.16. The van der Waals surface area contributed by atoms with Crippen LogP contribution in [0.15, 0.2) is 5.38 Å². The molecule has 0 atom stereocenters. The normalized spacial score (nSPS) is 12.0. The number of ether oxygens (including phenoxy) is 1. The summed E-state index contributed by atoms with van der Waals surface area (Å²) in [5.41, 5.74) is 1.18. The Kier molecular flexibility index (Phi) is 9.08. The second-order valence-corrected chi connectivity index (χ2v) is 6.64. The predicted molar refractivity (Wildman–Crippen MR) is 90.7 cm³/mol. The first-order valence-corrected chi connectivity index (χ1v) is 8.88. The van der Waals surface area contributed by atoms with E-state index in [1.54, 1.807) is 18.4 Å². The van der Waals surface area contributed by atoms with Gasteiger partial charge >= 0.3 is 0 Å². The highest BCUT2D eigenvalue weighted by molar-refractivity contribution is 7.09. The second-order valence-electron chi connectivity index (χ2n) is 5.70. The number of nitrogens with zero attached hydrogens (tertiary/aromatic N) is 2. The largest absolute Gasteiger partial charge is 0.383 e. The lowest BCUT2D eigenvalue weighted by atomic mass is 10.1. The van der Waals surface area contributed by atoms with Crippen LogP contribution in [0.1, 0.15) is 51.2 Å². The zero-order valence-corrected chi connectivity index (χ0v) is 15.0. The lowest BCUT2D eigenvalue weighted by molar-refractivity contribution is 0.109. The van der Waals surface area contributed by atoms with Crippen molar-refractivity contribution in [3.63, 3.8) is 0 Å². The van der Waals surface area contributed by atoms with Crippen LogP contribution in [-0.4, -0.2) is 42.2 Å². The summed E-state index contributed by atoms with van der Waals surface area (Å²) in [7, 11) is 1.77. The minimum atomic E-state index is 0.500. The molecule has 0 unspecified atom stereocenters. The van der Waals surface area contributed by atoms with Crippen LogP contribution in [0, 0.1) is 0 Å². The summed E-state index contributed by atoms with van der Waals surface area (Å²) < 4.78 is 5.25. The van der Waals surface area contributed by atoms with Gasteiger partial charge in [0.15, 0.2) is 0 Å². The Balaban J connectivity index is 2.60. The molecular weight excluding hydrogens is 282 g/mol. The van der Waals surface area contributed by atoms with Gasteiger partial charge in [-0.15, -0.1) is 11.3 Å². The summed E-state index contributed by atoms with van der Waals surface area (Å²) >= 11 is 1.75. The standard InChI is InChI=1S/C16H31N3OS/c1-6-15(7-2)19(8-9-20-5)11-14-12-21-16(18-14)10-17-13(3)4/h12-13,15,17H,6-11H2,1-5H3. The van der Waals surface area contributed by atoms with Crippen LogP contribution in [0.25, 0.3) is 0 Å². The van der Waals surface area contributed by atoms with Gasteiger partial charge < -0.3 is 10.1 Å². The van der Waals surface area contributed by atoms with Gasteiger partial charge in [0, 0.05) is 44.2 Å². The highest BCUT2D eigenvalue weighted by atomic mass is 32.1. The summed E-state index contributed by atoms with van der Waals surface area (Å²) in [4.78, 5) is 7.25. The van der Waals surface area contributed by atoms with Gasteiger partial charge in [0.1, 0.15) is 5.01 Å². The van der Waals surface area contributed by atoms with Gasteiger partial charge in [-0.1, -0.05) is 27.7 Å². The van der Waals surface area contributed by atoms with Gasteiger partial charge in [-0.05, 0) is 12.8 Å². The van der Waals surface area contributed by atoms with Crippen molar-refractivity contribution in [1.82, 2.24) is 15.2 Å². The zero-order valence-electron chi connectivity index (χ0n) is 14.2. The molecule has 0 aliphatic carbocycles. The maximum Gasteiger partial charge on any atom is 0.107 e. The quantitative estimate of drug-likeness (QED) is 0.680. The molecule has 0 fully saturated rings. The maximum atomic E-state index is 5.25. The summed E-state index contributed by atoms with van der Waals surface area (Å²) in [5.74, 6) is 0. The number of thiazole rings is 1. The molecule has 1 aromatic heterocycles. The first-order chi connectivity index (χ1) is 10.1. The van der Waals surface area contributed by atoms with Crippen LogP contribution in [0.4, 0.5) is 0 Å². The molecule has 5 heteroatoms. The number of aromatic nitrogens is 1. The van der Waals surface area contributed by atoms with Gasteiger partial charge in [0.2, 0.25) is 0 Å². The van der Waals surface area contributed by atoms with Crippen molar-refractivity contribution in [2.75, 3.05) is 20.3 Å². The van der Waals surface area contributed by atoms with Crippen LogP contribution in [0.3, 0.4) is 0 Å². The molecule has 0 saturated heterocycles. The molecule has 0 radical (unpaired) electrons. The Morgan fingerprint density at radius 1 is 1.33 bits per heavy atom. The van der Waals surface area contributed by atoms with E-state index < -0.39 is 0 Å². The summed E-state index contributed by atoms with van der Waals surface area (Å²) in [6.45, 7) is 12.4. The molecular formula is C16H31N3OS. The van der Waals surface area contributed by atoms with Gasteiger partial charge in [-0.2, -0.15) is 0 Å². The molecule has 4 nitrogen and oxygen atoms in total. The van der Waals surface area contributed by atoms with E-state index in [0.29, 0.717) is 12.1 Å². The molecule has 0 aliphatic rings. The minimum Gasteiger partial charge on any atom is -0.383 e. The molecule has 0 aliphatic heterocycles. The molecule has 0 aromatic carbocycles. The van der Waals surface area contributed by atoms with Crippen molar-refractivity contribution in [1.29, 1.82) is 0 Å². The number of methoxy groups -OCH3 is 1. The van der Waals surface area contributed by atoms with Gasteiger partial charge in [-0.25, -0.2) is 4.98 Å². The number of hydrogen-bond donors (Lipinski definition) is 1. The summed E-state index contributed by atoms with van der Waals surface area (Å²) in [6.07, 6.45) is 2.35. The minimum absolute atomic E-state index is 0.500. The Bertz CT molecular complexity index is 377. The third kappa shape index (κ3) is 6.87. The molecule has 1 aromatic rings. The molecule has 0 amide bonds. The van der Waals surface area contributed by atoms with Crippen LogP contribution in [0.2, 0.25) is 0 Å². The van der Waals surface area contributed by atoms with Crippen molar-refractivity contribution in [3.05, 3.63) is 16.1 Å². The SMILES string of the molecule is CCC(CC)N(CCOC)Cc1csc(CNC(C)C)n1. The van der Waals surface area contributed by atoms with Crippen molar-refractivity contribution in [2.24, 2.45) is 0 Å². The summed E-state index contributed by atoms with van der Waals surface area (Å²) in [6, 6.07) is 1.11. The van der Waals surface area contributed by atoms with Gasteiger partial charge in [-0.3, -0.25) is 4.90 Å². The van der Waals surface area contributed by atoms with Crippen LogP contribution in [-0.2, 0) is 17.8 Å². The predicted octanol–water partition coefficient (Wildman–Crippen LogP) is 3.28. The molecule has 21 heavy (non-hydrogen) atoms. The summed E-state index contributed by atoms with van der Waals surface area (Å²) in [5, 5.41) is 6.79. The fourth-order valence-electron chi connectivity index (χ4n) is 2.41. The highest BCUT2D eigenvalue weighted by Crippen LogP contribution is 2.16. The molecule has 0 saturated carbocycles. The van der Waals surface area contributed by atoms with Crippen molar-refractivity contribution in [3.8, 4) is 0 Å². The third-order valence-electron chi connectivity index (χ3n) is 3.67. The van der Waals surface area contributed by atoms with E-state index >= 15 is 0 Å². The van der Waals surface area contributed by atoms with E-state index in [2.05, 4.69) is 43.3 Å². The monoisotopic (exact) mass is 313 g/mol. The van der Waals surface area contributed by atoms with Crippen LogP contribution >= 0.6 is 11.3 Å². The van der Waals surface area contributed by atoms with Gasteiger partial charge in [0.25, 0.3) is 0 Å². The van der Waals surface area contributed by atoms with Gasteiger partial charge in [0.05, 0.1) is 12.3 Å². The van der Waals surface area contributed by atoms with E-state index in [-0.39, 0.29) is 0 Å². The lowest BCUT2D eigenvalue weighted by Crippen LogP contribution is -2.36. The van der Waals surface area contributed by atoms with E-state index in [1.165, 1.54) is 23.5 Å². The molecule has 1 heterocycles. The first kappa shape index (κ1) is 18.6. The number of rotatable bonds is 11. The molecule has 0 bridgehead atoms. The van der Waals surface area contributed by atoms with Crippen molar-refractivity contribution in [2.45, 2.75) is 65.7 Å². The molecule has 122 valence electrons. The fourth-order valence-corrected chi connectivity index (χ4v) is 3.14. The molecule has 1 rings (SSSR count). The Morgan fingerprint density at radius 3 is 2.62 bits per heavy atom. The van der Waals surface area contributed by atoms with Crippen molar-refractivity contribution >= 4 is 11.3 Å². The van der Waals surface area contributed by atoms with Crippen LogP contribution < -0.4 is 5.32 Å². The Hall–Kier alpha value is -0.490. The lowest BCUT2D eigenvalue weighted by Gasteiger charge is -2.29. The average Bonchev–Trinajstić information content (AvgIpc) is 2.91. The Labute approximate surface area is 133 Å². The van der Waals surface area contributed by atoms with E-state index in [0.717, 1.165) is 26.2 Å². The third-order valence-corrected chi connectivity index (χ3v) is 4.57. The smallest absolute Gasteiger partial charge is 0.107 e. The topological polar surface area (TPSA) is 37.4 Å². The molecule has 1 N–H and O–H groups in total. The molecule has 0 spiro atoms. The van der Waals surface area contributed by atoms with E-state index in [4.69, 9.17) is 9.72 Å². The zero-order chi connectivity index (χ0) is 15.7. The number of hydrogen-bond acceptors (Lipinski definition) is 5. The van der Waals surface area contributed by atoms with E-state index in [9.17, 15) is 0 Å². The Morgan fingerprint density at radius 2 is 2.05 bits per heavy atom. The average molecular weight is 314 g/mol. The van der Waals surface area contributed by atoms with Crippen molar-refractivity contribution < 1.29 is 4.74 Å². The number of nitrogens with one attached hydrogen (secondary N) is 1. The van der Waals surface area contributed by atoms with Crippen LogP contribution in [0.5, 0.6) is 0 Å². The second kappa shape index (κ2) is 10.3. The fraction of sp³-hybridized carbons (Fsp3) is 0.812. The maximum absolute atomic E-state index is 5.25.